The first kappa shape index (κ1) is 31.3. The number of hydrogen-bond donors (Lipinski definition) is 0. The summed E-state index contributed by atoms with van der Waals surface area (Å²) in [7, 11) is 0. The number of fused-ring (bicyclic) bond motifs is 6. The van der Waals surface area contributed by atoms with Crippen molar-refractivity contribution < 1.29 is 0 Å². The average Bonchev–Trinajstić information content (AvgIpc) is 3.90. The molecule has 0 aliphatic rings. The van der Waals surface area contributed by atoms with Gasteiger partial charge in [0.2, 0.25) is 0 Å². The fourth-order valence-corrected chi connectivity index (χ4v) is 9.42. The molecule has 0 saturated heterocycles. The number of para-hydroxylation sites is 1. The van der Waals surface area contributed by atoms with Crippen molar-refractivity contribution in [1.82, 2.24) is 9.13 Å². The molecule has 0 aliphatic heterocycles. The van der Waals surface area contributed by atoms with Crippen molar-refractivity contribution in [2.24, 2.45) is 11.8 Å². The van der Waals surface area contributed by atoms with E-state index in [4.69, 9.17) is 0 Å². The summed E-state index contributed by atoms with van der Waals surface area (Å²) in [6.07, 6.45) is 10.2. The van der Waals surface area contributed by atoms with Crippen LogP contribution >= 0.6 is 22.7 Å². The van der Waals surface area contributed by atoms with E-state index in [0.717, 1.165) is 13.1 Å². The molecule has 4 heteroatoms. The number of thiophene rings is 2. The van der Waals surface area contributed by atoms with Gasteiger partial charge in [0.25, 0.3) is 0 Å². The van der Waals surface area contributed by atoms with Gasteiger partial charge in [-0.15, -0.1) is 22.7 Å². The van der Waals surface area contributed by atoms with E-state index in [0.29, 0.717) is 11.8 Å². The zero-order chi connectivity index (χ0) is 31.6. The monoisotopic (exact) mass is 644 g/mol. The van der Waals surface area contributed by atoms with Gasteiger partial charge in [0, 0.05) is 71.3 Å². The topological polar surface area (TPSA) is 9.86 Å². The quantitative estimate of drug-likeness (QED) is 0.111. The molecule has 2 unspecified atom stereocenters. The highest BCUT2D eigenvalue weighted by Gasteiger charge is 2.20. The molecular weight excluding hydrogens is 597 g/mol. The summed E-state index contributed by atoms with van der Waals surface area (Å²) in [6, 6.07) is 30.5. The van der Waals surface area contributed by atoms with Gasteiger partial charge in [-0.05, 0) is 84.2 Å². The van der Waals surface area contributed by atoms with Crippen molar-refractivity contribution in [3.05, 3.63) is 84.2 Å². The Kier molecular flexibility index (Phi) is 9.38. The molecule has 0 amide bonds. The van der Waals surface area contributed by atoms with Crippen LogP contribution in [0.4, 0.5) is 0 Å². The standard InChI is InChI=1S/C42H48N2S2/c1-5-9-14-29(7-3)27-43-36-17-12-11-16-32(36)34-25-39-35(26-38(34)43)33-24-31(40-21-22-42(46-40)41-18-13-23-45-41)19-20-37(33)44(39)28-30(8-4)15-10-6-2/h11-13,16-26,29-30H,5-10,14-15,27-28H2,1-4H3. The van der Waals surface area contributed by atoms with Gasteiger partial charge in [-0.1, -0.05) is 96.6 Å². The van der Waals surface area contributed by atoms with Crippen LogP contribution in [-0.4, -0.2) is 9.13 Å². The zero-order valence-corrected chi connectivity index (χ0v) is 29.7. The van der Waals surface area contributed by atoms with E-state index in [-0.39, 0.29) is 0 Å². The van der Waals surface area contributed by atoms with Gasteiger partial charge in [0.15, 0.2) is 0 Å². The van der Waals surface area contributed by atoms with Crippen LogP contribution in [-0.2, 0) is 13.1 Å². The van der Waals surface area contributed by atoms with Crippen molar-refractivity contribution in [1.29, 1.82) is 0 Å². The first-order valence-electron chi connectivity index (χ1n) is 17.7. The molecule has 3 aromatic carbocycles. The highest BCUT2D eigenvalue weighted by Crippen LogP contribution is 2.42. The summed E-state index contributed by atoms with van der Waals surface area (Å²) < 4.78 is 5.33. The Balaban J connectivity index is 1.43. The van der Waals surface area contributed by atoms with Crippen LogP contribution in [0.25, 0.3) is 63.8 Å². The second-order valence-corrected chi connectivity index (χ2v) is 15.4. The lowest BCUT2D eigenvalue weighted by atomic mass is 9.99. The third-order valence-electron chi connectivity index (χ3n) is 10.4. The molecular formula is C42H48N2S2. The number of nitrogens with zero attached hydrogens (tertiary/aromatic N) is 2. The van der Waals surface area contributed by atoms with Crippen LogP contribution in [0.1, 0.15) is 79.1 Å². The Hall–Kier alpha value is -3.34. The van der Waals surface area contributed by atoms with Gasteiger partial charge < -0.3 is 9.13 Å². The maximum absolute atomic E-state index is 2.67. The van der Waals surface area contributed by atoms with E-state index in [1.54, 1.807) is 0 Å². The molecule has 0 radical (unpaired) electrons. The van der Waals surface area contributed by atoms with E-state index in [1.807, 2.05) is 22.7 Å². The van der Waals surface area contributed by atoms with Crippen molar-refractivity contribution in [3.8, 4) is 20.2 Å². The third kappa shape index (κ3) is 5.84. The maximum Gasteiger partial charge on any atom is 0.0499 e. The molecule has 2 atom stereocenters. The van der Waals surface area contributed by atoms with Gasteiger partial charge in [0.1, 0.15) is 0 Å². The highest BCUT2D eigenvalue weighted by molar-refractivity contribution is 7.23. The summed E-state index contributed by atoms with van der Waals surface area (Å²) in [6.45, 7) is 11.6. The summed E-state index contributed by atoms with van der Waals surface area (Å²) in [4.78, 5) is 4.05. The second kappa shape index (κ2) is 13.8. The fourth-order valence-electron chi connectivity index (χ4n) is 7.58. The maximum atomic E-state index is 2.67. The van der Waals surface area contributed by atoms with Gasteiger partial charge >= 0.3 is 0 Å². The molecule has 0 spiro atoms. The smallest absolute Gasteiger partial charge is 0.0499 e. The van der Waals surface area contributed by atoms with Crippen LogP contribution in [0, 0.1) is 11.8 Å². The third-order valence-corrected chi connectivity index (χ3v) is 12.6. The number of benzene rings is 3. The second-order valence-electron chi connectivity index (χ2n) is 13.3. The first-order chi connectivity index (χ1) is 22.6. The number of aromatic nitrogens is 2. The lowest BCUT2D eigenvalue weighted by Gasteiger charge is -2.18. The molecule has 7 aromatic rings. The Morgan fingerprint density at radius 2 is 1.15 bits per heavy atom. The Labute approximate surface area is 282 Å². The molecule has 0 fully saturated rings. The first-order valence-corrected chi connectivity index (χ1v) is 19.4. The fraction of sp³-hybridized carbons (Fsp3) is 0.381. The molecule has 2 nitrogen and oxygen atoms in total. The van der Waals surface area contributed by atoms with Crippen LogP contribution < -0.4 is 0 Å². The Morgan fingerprint density at radius 3 is 1.78 bits per heavy atom. The SMILES string of the molecule is CCCCC(CC)Cn1c2ccccc2c2cc3c(cc21)c1cc(-c2ccc(-c4cccs4)s2)ccc1n3CC(CC)CCCC. The summed E-state index contributed by atoms with van der Waals surface area (Å²) in [5, 5.41) is 7.75. The lowest BCUT2D eigenvalue weighted by Crippen LogP contribution is -2.10. The molecule has 4 heterocycles. The highest BCUT2D eigenvalue weighted by atomic mass is 32.1. The molecule has 7 rings (SSSR count). The van der Waals surface area contributed by atoms with Gasteiger partial charge in [-0.25, -0.2) is 0 Å². The van der Waals surface area contributed by atoms with Gasteiger partial charge in [0.05, 0.1) is 0 Å². The molecule has 0 bridgehead atoms. The average molecular weight is 645 g/mol. The molecule has 0 saturated carbocycles. The zero-order valence-electron chi connectivity index (χ0n) is 28.0. The minimum atomic E-state index is 0.685. The predicted octanol–water partition coefficient (Wildman–Crippen LogP) is 13.8. The van der Waals surface area contributed by atoms with E-state index in [9.17, 15) is 0 Å². The molecule has 0 N–H and O–H groups in total. The number of hydrogen-bond acceptors (Lipinski definition) is 2. The van der Waals surface area contributed by atoms with Crippen molar-refractivity contribution in [2.45, 2.75) is 92.2 Å². The summed E-state index contributed by atoms with van der Waals surface area (Å²) in [5.74, 6) is 1.38. The lowest BCUT2D eigenvalue weighted by molar-refractivity contribution is 0.400. The van der Waals surface area contributed by atoms with Crippen LogP contribution in [0.15, 0.2) is 84.2 Å². The molecule has 0 aliphatic carbocycles. The van der Waals surface area contributed by atoms with Crippen LogP contribution in [0.3, 0.4) is 0 Å². The molecule has 4 aromatic heterocycles. The minimum Gasteiger partial charge on any atom is -0.340 e. The number of rotatable bonds is 14. The van der Waals surface area contributed by atoms with Crippen LogP contribution in [0.2, 0.25) is 0 Å². The predicted molar refractivity (Wildman–Crippen MR) is 206 cm³/mol. The van der Waals surface area contributed by atoms with E-state index < -0.39 is 0 Å². The normalized spacial score (nSPS) is 13.5. The molecule has 238 valence electrons. The number of unbranched alkanes of at least 4 members (excludes halogenated alkanes) is 2. The Bertz CT molecular complexity index is 2070. The van der Waals surface area contributed by atoms with E-state index >= 15 is 0 Å². The van der Waals surface area contributed by atoms with Gasteiger partial charge in [-0.3, -0.25) is 0 Å². The van der Waals surface area contributed by atoms with Crippen LogP contribution in [0.5, 0.6) is 0 Å². The van der Waals surface area contributed by atoms with Gasteiger partial charge in [-0.2, -0.15) is 0 Å². The Morgan fingerprint density at radius 1 is 0.543 bits per heavy atom. The van der Waals surface area contributed by atoms with Crippen molar-refractivity contribution in [2.75, 3.05) is 0 Å². The van der Waals surface area contributed by atoms with E-state index in [1.165, 1.54) is 115 Å². The summed E-state index contributed by atoms with van der Waals surface area (Å²) >= 11 is 3.74. The van der Waals surface area contributed by atoms with Crippen molar-refractivity contribution >= 4 is 66.3 Å². The minimum absolute atomic E-state index is 0.685. The van der Waals surface area contributed by atoms with E-state index in [2.05, 4.69) is 121 Å². The van der Waals surface area contributed by atoms with Crippen molar-refractivity contribution in [3.63, 3.8) is 0 Å². The molecule has 46 heavy (non-hydrogen) atoms. The largest absolute Gasteiger partial charge is 0.340 e. The summed E-state index contributed by atoms with van der Waals surface area (Å²) in [5.41, 5.74) is 6.86.